The van der Waals surface area contributed by atoms with Crippen LogP contribution in [0.4, 0.5) is 13.2 Å². The van der Waals surface area contributed by atoms with E-state index in [9.17, 15) is 18.0 Å². The Bertz CT molecular complexity index is 552. The third kappa shape index (κ3) is 4.86. The van der Waals surface area contributed by atoms with Crippen molar-refractivity contribution in [3.63, 3.8) is 0 Å². The van der Waals surface area contributed by atoms with Gasteiger partial charge in [0, 0.05) is 6.54 Å². The summed E-state index contributed by atoms with van der Waals surface area (Å²) in [6, 6.07) is 4.83. The molecule has 23 heavy (non-hydrogen) atoms. The number of aryl methyl sites for hydroxylation is 1. The van der Waals surface area contributed by atoms with Crippen LogP contribution in [-0.2, 0) is 0 Å². The molecule has 0 amide bonds. The average Bonchev–Trinajstić information content (AvgIpc) is 2.48. The van der Waals surface area contributed by atoms with Gasteiger partial charge in [-0.2, -0.15) is 13.2 Å². The fourth-order valence-corrected chi connectivity index (χ4v) is 2.70. The second-order valence-electron chi connectivity index (χ2n) is 5.79. The van der Waals surface area contributed by atoms with Crippen molar-refractivity contribution in [2.24, 2.45) is 5.92 Å². The minimum absolute atomic E-state index is 0.122. The monoisotopic (exact) mass is 331 g/mol. The van der Waals surface area contributed by atoms with Gasteiger partial charge in [0.1, 0.15) is 12.4 Å². The van der Waals surface area contributed by atoms with Crippen LogP contribution in [-0.4, -0.2) is 48.4 Å². The largest absolute Gasteiger partial charge is 0.492 e. The van der Waals surface area contributed by atoms with E-state index in [1.165, 1.54) is 6.07 Å². The zero-order chi connectivity index (χ0) is 17.0. The molecule has 1 aliphatic heterocycles. The highest BCUT2D eigenvalue weighted by Crippen LogP contribution is 2.33. The fourth-order valence-electron chi connectivity index (χ4n) is 2.70. The van der Waals surface area contributed by atoms with E-state index in [4.69, 9.17) is 9.84 Å². The Kier molecular flexibility index (Phi) is 5.51. The van der Waals surface area contributed by atoms with Crippen molar-refractivity contribution in [2.75, 3.05) is 26.2 Å². The normalized spacial score (nSPS) is 17.2. The molecule has 0 radical (unpaired) electrons. The van der Waals surface area contributed by atoms with Crippen molar-refractivity contribution in [1.29, 1.82) is 0 Å². The second kappa shape index (κ2) is 7.21. The summed E-state index contributed by atoms with van der Waals surface area (Å²) in [7, 11) is 0. The van der Waals surface area contributed by atoms with Crippen molar-refractivity contribution >= 4 is 5.97 Å². The Balaban J connectivity index is 1.78. The Labute approximate surface area is 132 Å². The fraction of sp³-hybridized carbons (Fsp3) is 0.562. The molecule has 7 heteroatoms. The van der Waals surface area contributed by atoms with Crippen LogP contribution in [0.1, 0.15) is 28.8 Å². The predicted octanol–water partition coefficient (Wildman–Crippen LogP) is 3.35. The third-order valence-corrected chi connectivity index (χ3v) is 4.17. The zero-order valence-corrected chi connectivity index (χ0v) is 12.9. The molecule has 0 aromatic heterocycles. The number of carboxylic acid groups (broad SMARTS) is 1. The number of rotatable bonds is 5. The number of carboxylic acids is 1. The van der Waals surface area contributed by atoms with Crippen LogP contribution in [0.15, 0.2) is 18.2 Å². The molecule has 1 fully saturated rings. The number of benzene rings is 1. The summed E-state index contributed by atoms with van der Waals surface area (Å²) in [4.78, 5) is 13.0. The van der Waals surface area contributed by atoms with Crippen LogP contribution in [0, 0.1) is 12.8 Å². The summed E-state index contributed by atoms with van der Waals surface area (Å²) >= 11 is 0. The molecule has 1 saturated heterocycles. The van der Waals surface area contributed by atoms with E-state index in [1.807, 2.05) is 4.90 Å². The molecule has 2 rings (SSSR count). The Hall–Kier alpha value is -1.76. The summed E-state index contributed by atoms with van der Waals surface area (Å²) in [6.45, 7) is 3.36. The maximum Gasteiger partial charge on any atom is 0.391 e. The van der Waals surface area contributed by atoms with Crippen LogP contribution in [0.3, 0.4) is 0 Å². The van der Waals surface area contributed by atoms with E-state index in [2.05, 4.69) is 0 Å². The van der Waals surface area contributed by atoms with Gasteiger partial charge in [0.2, 0.25) is 0 Å². The van der Waals surface area contributed by atoms with Gasteiger partial charge >= 0.3 is 12.1 Å². The quantitative estimate of drug-likeness (QED) is 0.899. The summed E-state index contributed by atoms with van der Waals surface area (Å²) < 4.78 is 43.3. The summed E-state index contributed by atoms with van der Waals surface area (Å²) in [5.41, 5.74) is 0.840. The number of piperidine rings is 1. The number of hydrogen-bond acceptors (Lipinski definition) is 3. The van der Waals surface area contributed by atoms with E-state index in [0.29, 0.717) is 37.6 Å². The number of nitrogens with zero attached hydrogens (tertiary/aromatic N) is 1. The molecule has 1 heterocycles. The molecule has 0 bridgehead atoms. The van der Waals surface area contributed by atoms with Gasteiger partial charge in [-0.3, -0.25) is 4.90 Å². The molecular formula is C16H20F3NO3. The number of hydrogen-bond donors (Lipinski definition) is 1. The van der Waals surface area contributed by atoms with Crippen molar-refractivity contribution in [1.82, 2.24) is 4.90 Å². The highest BCUT2D eigenvalue weighted by Gasteiger charge is 2.40. The first kappa shape index (κ1) is 17.6. The molecule has 4 nitrogen and oxygen atoms in total. The molecule has 1 aliphatic rings. The molecule has 0 spiro atoms. The number of aromatic carboxylic acids is 1. The highest BCUT2D eigenvalue weighted by atomic mass is 19.4. The first-order valence-electron chi connectivity index (χ1n) is 7.53. The topological polar surface area (TPSA) is 49.8 Å². The number of carbonyl (C=O) groups is 1. The van der Waals surface area contributed by atoms with Crippen molar-refractivity contribution < 1.29 is 27.8 Å². The smallest absolute Gasteiger partial charge is 0.391 e. The zero-order valence-electron chi connectivity index (χ0n) is 12.9. The molecule has 128 valence electrons. The van der Waals surface area contributed by atoms with Gasteiger partial charge in [0.15, 0.2) is 0 Å². The van der Waals surface area contributed by atoms with Crippen LogP contribution in [0.2, 0.25) is 0 Å². The van der Waals surface area contributed by atoms with Crippen LogP contribution in [0.5, 0.6) is 5.75 Å². The van der Waals surface area contributed by atoms with E-state index in [0.717, 1.165) is 0 Å². The van der Waals surface area contributed by atoms with Gasteiger partial charge in [0.25, 0.3) is 0 Å². The molecule has 0 atom stereocenters. The van der Waals surface area contributed by atoms with Crippen molar-refractivity contribution in [2.45, 2.75) is 25.9 Å². The van der Waals surface area contributed by atoms with Gasteiger partial charge in [-0.15, -0.1) is 0 Å². The Morgan fingerprint density at radius 3 is 2.57 bits per heavy atom. The standard InChI is InChI=1S/C16H20F3NO3/c1-11-2-3-13(10-14(11)15(21)22)23-9-8-20-6-4-12(5-7-20)16(17,18)19/h2-3,10,12H,4-9H2,1H3,(H,21,22). The number of ether oxygens (including phenoxy) is 1. The van der Waals surface area contributed by atoms with Gasteiger partial charge in [0.05, 0.1) is 11.5 Å². The lowest BCUT2D eigenvalue weighted by atomic mass is 9.96. The van der Waals surface area contributed by atoms with E-state index in [1.54, 1.807) is 19.1 Å². The average molecular weight is 331 g/mol. The molecule has 0 unspecified atom stereocenters. The first-order chi connectivity index (χ1) is 10.8. The van der Waals surface area contributed by atoms with E-state index >= 15 is 0 Å². The van der Waals surface area contributed by atoms with Crippen LogP contribution in [0.25, 0.3) is 0 Å². The molecule has 1 N–H and O–H groups in total. The van der Waals surface area contributed by atoms with Gasteiger partial charge in [-0.05, 0) is 50.6 Å². The second-order valence-corrected chi connectivity index (χ2v) is 5.79. The lowest BCUT2D eigenvalue weighted by molar-refractivity contribution is -0.185. The third-order valence-electron chi connectivity index (χ3n) is 4.17. The molecule has 0 aliphatic carbocycles. The van der Waals surface area contributed by atoms with Crippen LogP contribution >= 0.6 is 0 Å². The Morgan fingerprint density at radius 2 is 2.00 bits per heavy atom. The first-order valence-corrected chi connectivity index (χ1v) is 7.53. The van der Waals surface area contributed by atoms with Gasteiger partial charge in [-0.1, -0.05) is 6.07 Å². The molecule has 1 aromatic carbocycles. The molecule has 0 saturated carbocycles. The van der Waals surface area contributed by atoms with Crippen molar-refractivity contribution in [3.8, 4) is 5.75 Å². The maximum atomic E-state index is 12.6. The maximum absolute atomic E-state index is 12.6. The van der Waals surface area contributed by atoms with Gasteiger partial charge < -0.3 is 9.84 Å². The van der Waals surface area contributed by atoms with E-state index < -0.39 is 18.1 Å². The van der Waals surface area contributed by atoms with E-state index in [-0.39, 0.29) is 18.4 Å². The lowest BCUT2D eigenvalue weighted by Gasteiger charge is -2.32. The molecule has 1 aromatic rings. The SMILES string of the molecule is Cc1ccc(OCCN2CCC(C(F)(F)F)CC2)cc1C(=O)O. The number of alkyl halides is 3. The minimum atomic E-state index is -4.10. The Morgan fingerprint density at radius 1 is 1.35 bits per heavy atom. The van der Waals surface area contributed by atoms with Crippen LogP contribution < -0.4 is 4.74 Å². The molecular weight excluding hydrogens is 311 g/mol. The predicted molar refractivity (Wildman–Crippen MR) is 78.9 cm³/mol. The highest BCUT2D eigenvalue weighted by molar-refractivity contribution is 5.89. The number of halogens is 3. The van der Waals surface area contributed by atoms with Crippen molar-refractivity contribution in [3.05, 3.63) is 29.3 Å². The summed E-state index contributed by atoms with van der Waals surface area (Å²) in [5.74, 6) is -1.75. The lowest BCUT2D eigenvalue weighted by Crippen LogP contribution is -2.40. The van der Waals surface area contributed by atoms with Gasteiger partial charge in [-0.25, -0.2) is 4.79 Å². The summed E-state index contributed by atoms with van der Waals surface area (Å²) in [5, 5.41) is 9.05. The minimum Gasteiger partial charge on any atom is -0.492 e. The summed E-state index contributed by atoms with van der Waals surface area (Å²) in [6.07, 6.45) is -3.86. The number of likely N-dealkylation sites (tertiary alicyclic amines) is 1.